The number of halogens is 1. The van der Waals surface area contributed by atoms with Gasteiger partial charge in [-0.25, -0.2) is 9.37 Å². The Hall–Kier alpha value is -4.88. The molecule has 0 radical (unpaired) electrons. The molecule has 10 nitrogen and oxygen atoms in total. The van der Waals surface area contributed by atoms with Gasteiger partial charge in [0, 0.05) is 36.5 Å². The lowest BCUT2D eigenvalue weighted by molar-refractivity contribution is 0.103. The molecule has 0 spiro atoms. The maximum absolute atomic E-state index is 13.3. The molecule has 258 valence electrons. The zero-order chi connectivity index (χ0) is 35.2. The zero-order valence-corrected chi connectivity index (χ0v) is 28.8. The second-order valence-electron chi connectivity index (χ2n) is 12.5. The molecule has 0 amide bonds. The van der Waals surface area contributed by atoms with Gasteiger partial charge in [0.1, 0.15) is 16.5 Å². The van der Waals surface area contributed by atoms with Gasteiger partial charge in [0.05, 0.1) is 36.5 Å². The molecule has 1 unspecified atom stereocenters. The summed E-state index contributed by atoms with van der Waals surface area (Å²) < 4.78 is 30.3. The molecule has 50 heavy (non-hydrogen) atoms. The van der Waals surface area contributed by atoms with E-state index in [1.165, 1.54) is 30.3 Å². The fraction of sp³-hybridized carbons (Fsp3) is 0.263. The average Bonchev–Trinajstić information content (AvgIpc) is 3.53. The molecular weight excluding hydrogens is 656 g/mol. The third-order valence-electron chi connectivity index (χ3n) is 8.67. The van der Waals surface area contributed by atoms with Crippen LogP contribution in [0, 0.1) is 5.82 Å². The number of carbonyl (C=O) groups excluding carboxylic acids is 1. The first-order valence-electron chi connectivity index (χ1n) is 16.6. The Morgan fingerprint density at radius 2 is 1.56 bits per heavy atom. The summed E-state index contributed by atoms with van der Waals surface area (Å²) >= 11 is -1.14. The van der Waals surface area contributed by atoms with Gasteiger partial charge in [-0.05, 0) is 79.1 Å². The van der Waals surface area contributed by atoms with Crippen molar-refractivity contribution < 1.29 is 13.7 Å². The van der Waals surface area contributed by atoms with Crippen LogP contribution in [0.5, 0.6) is 0 Å². The number of hydrogen-bond acceptors (Lipinski definition) is 7. The van der Waals surface area contributed by atoms with Crippen molar-refractivity contribution >= 4 is 29.3 Å². The maximum Gasteiger partial charge on any atom is 0.272 e. The van der Waals surface area contributed by atoms with Crippen molar-refractivity contribution in [2.75, 3.05) is 32.7 Å². The number of rotatable bonds is 11. The summed E-state index contributed by atoms with van der Waals surface area (Å²) in [6, 6.07) is 21.5. The Balaban J connectivity index is 1.13. The molecule has 1 atom stereocenters. The molecule has 12 heteroatoms. The Morgan fingerprint density at radius 1 is 0.880 bits per heavy atom. The number of ketones is 1. The van der Waals surface area contributed by atoms with Crippen LogP contribution < -0.4 is 21.8 Å². The quantitative estimate of drug-likeness (QED) is 0.161. The lowest BCUT2D eigenvalue weighted by Crippen LogP contribution is -2.48. The van der Waals surface area contributed by atoms with Gasteiger partial charge in [-0.15, -0.1) is 4.31 Å². The van der Waals surface area contributed by atoms with Gasteiger partial charge < -0.3 is 24.0 Å². The number of aromatic nitrogens is 4. The molecule has 0 saturated carbocycles. The van der Waals surface area contributed by atoms with E-state index in [1.807, 2.05) is 34.6 Å². The van der Waals surface area contributed by atoms with Gasteiger partial charge in [0.2, 0.25) is 0 Å². The van der Waals surface area contributed by atoms with Gasteiger partial charge >= 0.3 is 0 Å². The summed E-state index contributed by atoms with van der Waals surface area (Å²) in [5.74, 6) is -0.605. The first-order chi connectivity index (χ1) is 24.2. The Morgan fingerprint density at radius 3 is 2.24 bits per heavy atom. The highest BCUT2D eigenvalue weighted by Gasteiger charge is 2.27. The molecule has 1 fully saturated rings. The number of nitrogens with one attached hydrogen (secondary N) is 2. The van der Waals surface area contributed by atoms with Crippen molar-refractivity contribution in [2.24, 2.45) is 0 Å². The highest BCUT2D eigenvalue weighted by molar-refractivity contribution is 7.89. The van der Waals surface area contributed by atoms with Crippen molar-refractivity contribution in [3.8, 4) is 0 Å². The van der Waals surface area contributed by atoms with E-state index in [0.29, 0.717) is 22.4 Å². The molecular formula is C38H39FN6O4S. The Bertz CT molecular complexity index is 2190. The van der Waals surface area contributed by atoms with Crippen LogP contribution in [0.2, 0.25) is 0 Å². The van der Waals surface area contributed by atoms with Crippen LogP contribution >= 0.6 is 0 Å². The number of benzene rings is 3. The number of H-pyrrole nitrogens is 2. The van der Waals surface area contributed by atoms with Crippen LogP contribution in [-0.2, 0) is 17.9 Å². The molecule has 1 aliphatic rings. The topological polar surface area (TPSA) is 130 Å². The number of piperazine rings is 1. The molecule has 2 aromatic heterocycles. The van der Waals surface area contributed by atoms with Crippen molar-refractivity contribution in [1.82, 2.24) is 28.7 Å². The number of hydrogen-bond donors (Lipinski definition) is 2. The van der Waals surface area contributed by atoms with Gasteiger partial charge in [-0.2, -0.15) is 0 Å². The van der Waals surface area contributed by atoms with Crippen molar-refractivity contribution in [3.63, 3.8) is 0 Å². The summed E-state index contributed by atoms with van der Waals surface area (Å²) in [5, 5.41) is 0.130. The fourth-order valence-electron chi connectivity index (χ4n) is 6.13. The van der Waals surface area contributed by atoms with E-state index in [1.54, 1.807) is 36.7 Å². The first-order valence-corrected chi connectivity index (χ1v) is 17.7. The number of nitrogens with zero attached hydrogens (tertiary/aromatic N) is 4. The number of aromatic amines is 2. The number of imidazole rings is 1. The van der Waals surface area contributed by atoms with Crippen LogP contribution in [0.4, 0.5) is 4.39 Å². The van der Waals surface area contributed by atoms with E-state index in [4.69, 9.17) is 0 Å². The molecule has 3 heterocycles. The minimum atomic E-state index is -1.14. The SMILES string of the molecule is CC(C)c1c(/C=c2\[nH]c(=O)/c(=C/c3cccc(C(=O)c4ccc(F)cc4)c3)[nH]c2=O)ncn1CCCN1CCN([S+]([O-])c2ccccc2)CC1. The van der Waals surface area contributed by atoms with Crippen LogP contribution in [0.1, 0.15) is 59.1 Å². The second kappa shape index (κ2) is 15.8. The third-order valence-corrected chi connectivity index (χ3v) is 10.2. The van der Waals surface area contributed by atoms with Gasteiger partial charge in [-0.1, -0.05) is 50.2 Å². The fourth-order valence-corrected chi connectivity index (χ4v) is 7.31. The smallest absolute Gasteiger partial charge is 0.272 e. The van der Waals surface area contributed by atoms with Gasteiger partial charge in [0.25, 0.3) is 11.1 Å². The number of carbonyl (C=O) groups is 1. The summed E-state index contributed by atoms with van der Waals surface area (Å²) in [6.07, 6.45) is 5.78. The van der Waals surface area contributed by atoms with Crippen LogP contribution in [-0.4, -0.2) is 71.8 Å². The standard InChI is InChI=1S/C38H39FN6O4S/c1-26(2)35-32(40-25-44(35)17-7-16-43-18-20-45(21-19-43)50(49)31-10-4-3-5-11-31)24-34-38(48)41-33(37(47)42-34)23-27-8-6-9-29(22-27)36(46)28-12-14-30(39)15-13-28/h3-6,8-15,22-26H,7,16-21H2,1-2H3,(H,41,48)(H,42,47)/b33-23-,34-24-. The minimum absolute atomic E-state index is 0.0419. The highest BCUT2D eigenvalue weighted by atomic mass is 32.2. The molecule has 1 saturated heterocycles. The Kier molecular flexibility index (Phi) is 11.0. The molecule has 0 bridgehead atoms. The van der Waals surface area contributed by atoms with Gasteiger partial charge in [0.15, 0.2) is 10.7 Å². The van der Waals surface area contributed by atoms with E-state index in [9.17, 15) is 23.3 Å². The average molecular weight is 695 g/mol. The maximum atomic E-state index is 13.3. The van der Waals surface area contributed by atoms with Crippen molar-refractivity contribution in [1.29, 1.82) is 0 Å². The molecule has 6 rings (SSSR count). The van der Waals surface area contributed by atoms with Crippen molar-refractivity contribution in [2.45, 2.75) is 37.6 Å². The van der Waals surface area contributed by atoms with E-state index in [-0.39, 0.29) is 22.4 Å². The summed E-state index contributed by atoms with van der Waals surface area (Å²) in [6.45, 7) is 8.96. The second-order valence-corrected chi connectivity index (χ2v) is 14.0. The van der Waals surface area contributed by atoms with E-state index in [2.05, 4.69) is 38.3 Å². The summed E-state index contributed by atoms with van der Waals surface area (Å²) in [5.41, 5.74) is 1.85. The summed E-state index contributed by atoms with van der Waals surface area (Å²) in [4.78, 5) is 52.3. The van der Waals surface area contributed by atoms with Crippen molar-refractivity contribution in [3.05, 3.63) is 150 Å². The van der Waals surface area contributed by atoms with Crippen LogP contribution in [0.15, 0.2) is 99.7 Å². The molecule has 1 aliphatic heterocycles. The molecule has 2 N–H and O–H groups in total. The zero-order valence-electron chi connectivity index (χ0n) is 28.0. The van der Waals surface area contributed by atoms with Crippen LogP contribution in [0.25, 0.3) is 12.2 Å². The largest absolute Gasteiger partial charge is 0.593 e. The minimum Gasteiger partial charge on any atom is -0.593 e. The lowest BCUT2D eigenvalue weighted by atomic mass is 10.0. The van der Waals surface area contributed by atoms with Gasteiger partial charge in [-0.3, -0.25) is 14.4 Å². The summed E-state index contributed by atoms with van der Waals surface area (Å²) in [7, 11) is 0. The van der Waals surface area contributed by atoms with Crippen LogP contribution in [0.3, 0.4) is 0 Å². The van der Waals surface area contributed by atoms with E-state index >= 15 is 0 Å². The molecule has 0 aliphatic carbocycles. The normalized spacial score (nSPS) is 15.5. The lowest BCUT2D eigenvalue weighted by Gasteiger charge is -2.34. The molecule has 3 aromatic carbocycles. The predicted octanol–water partition coefficient (Wildman–Crippen LogP) is 3.14. The van der Waals surface area contributed by atoms with E-state index < -0.39 is 28.3 Å². The third kappa shape index (κ3) is 8.28. The predicted molar refractivity (Wildman–Crippen MR) is 192 cm³/mol. The Labute approximate surface area is 291 Å². The highest BCUT2D eigenvalue weighted by Crippen LogP contribution is 2.21. The number of aryl methyl sites for hydroxylation is 1. The van der Waals surface area contributed by atoms with E-state index in [0.717, 1.165) is 56.3 Å². The first kappa shape index (κ1) is 35.0. The molecule has 5 aromatic rings. The monoisotopic (exact) mass is 694 g/mol.